The van der Waals surface area contributed by atoms with Crippen molar-refractivity contribution in [1.29, 1.82) is 0 Å². The lowest BCUT2D eigenvalue weighted by Crippen LogP contribution is -2.29. The lowest BCUT2D eigenvalue weighted by Gasteiger charge is -2.14. The third kappa shape index (κ3) is 9.15. The number of ether oxygens (including phenoxy) is 1. The van der Waals surface area contributed by atoms with Gasteiger partial charge >= 0.3 is 5.97 Å². The number of aromatic nitrogens is 2. The second-order valence-electron chi connectivity index (χ2n) is 10.6. The monoisotopic (exact) mass is 617 g/mol. The zero-order valence-electron chi connectivity index (χ0n) is 24.7. The molecule has 43 heavy (non-hydrogen) atoms. The van der Waals surface area contributed by atoms with Gasteiger partial charge in [-0.2, -0.15) is 5.10 Å². The largest absolute Gasteiger partial charge is 0.489 e. The van der Waals surface area contributed by atoms with Gasteiger partial charge in [-0.1, -0.05) is 93.4 Å². The molecule has 226 valence electrons. The Hall–Kier alpha value is -3.69. The highest BCUT2D eigenvalue weighted by molar-refractivity contribution is 8.26. The van der Waals surface area contributed by atoms with Crippen LogP contribution in [0.3, 0.4) is 0 Å². The van der Waals surface area contributed by atoms with E-state index in [1.807, 2.05) is 66.3 Å². The number of aliphatic carboxylic acids is 1. The standard InChI is InChI=1S/C34H39N3O4S2/c1-3-21-41-29-19-18-26(22-25(29)2)32-27(24-37(35-32)28-15-11-10-12-16-28)23-30-33(40)36(34(42)43-30)20-14-9-7-5-4-6-8-13-17-31(38)39/h3,10-12,15-16,18-19,22-24H,1,4-9,13-14,17,20-21H2,2H3,(H,38,39)/b30-23+. The SMILES string of the molecule is C=CCOc1ccc(-c2nn(-c3ccccc3)cc2/C=C2/SC(=S)N(CCCCCCCCCCC(=O)O)C2=O)cc1C. The van der Waals surface area contributed by atoms with Gasteiger partial charge in [-0.3, -0.25) is 14.5 Å². The number of amides is 1. The molecule has 3 aromatic rings. The van der Waals surface area contributed by atoms with Gasteiger partial charge in [-0.05, 0) is 61.7 Å². The third-order valence-electron chi connectivity index (χ3n) is 7.25. The molecule has 7 nitrogen and oxygen atoms in total. The van der Waals surface area contributed by atoms with Gasteiger partial charge < -0.3 is 9.84 Å². The maximum atomic E-state index is 13.4. The van der Waals surface area contributed by atoms with Crippen LogP contribution in [0.25, 0.3) is 23.0 Å². The lowest BCUT2D eigenvalue weighted by atomic mass is 10.0. The van der Waals surface area contributed by atoms with Gasteiger partial charge in [0.25, 0.3) is 5.91 Å². The van der Waals surface area contributed by atoms with Crippen molar-refractivity contribution in [2.75, 3.05) is 13.2 Å². The average molecular weight is 618 g/mol. The van der Waals surface area contributed by atoms with Crippen LogP contribution in [0.15, 0.2) is 72.3 Å². The zero-order chi connectivity index (χ0) is 30.6. The second kappa shape index (κ2) is 16.2. The second-order valence-corrected chi connectivity index (χ2v) is 12.3. The van der Waals surface area contributed by atoms with Gasteiger partial charge in [0.2, 0.25) is 0 Å². The number of carbonyl (C=O) groups excluding carboxylic acids is 1. The molecule has 2 aromatic carbocycles. The molecule has 0 radical (unpaired) electrons. The highest BCUT2D eigenvalue weighted by Gasteiger charge is 2.32. The summed E-state index contributed by atoms with van der Waals surface area (Å²) in [5.74, 6) is 0.0177. The zero-order valence-corrected chi connectivity index (χ0v) is 26.3. The predicted octanol–water partition coefficient (Wildman–Crippen LogP) is 8.21. The number of hydrogen-bond acceptors (Lipinski definition) is 6. The summed E-state index contributed by atoms with van der Waals surface area (Å²) >= 11 is 6.95. The molecule has 1 N–H and O–H groups in total. The lowest BCUT2D eigenvalue weighted by molar-refractivity contribution is -0.137. The molecular weight excluding hydrogens is 579 g/mol. The number of carboxylic acids is 1. The van der Waals surface area contributed by atoms with Crippen LogP contribution >= 0.6 is 24.0 Å². The van der Waals surface area contributed by atoms with E-state index in [-0.39, 0.29) is 12.3 Å². The number of hydrogen-bond donors (Lipinski definition) is 1. The van der Waals surface area contributed by atoms with E-state index in [1.54, 1.807) is 11.0 Å². The number of unbranched alkanes of at least 4 members (excludes halogenated alkanes) is 7. The summed E-state index contributed by atoms with van der Waals surface area (Å²) in [6, 6.07) is 15.9. The molecule has 2 heterocycles. The van der Waals surface area contributed by atoms with Gasteiger partial charge in [-0.25, -0.2) is 4.68 Å². The van der Waals surface area contributed by atoms with E-state index in [2.05, 4.69) is 12.6 Å². The van der Waals surface area contributed by atoms with Crippen molar-refractivity contribution in [1.82, 2.24) is 14.7 Å². The molecule has 0 spiro atoms. The quantitative estimate of drug-likeness (QED) is 0.0707. The highest BCUT2D eigenvalue weighted by Crippen LogP contribution is 2.36. The molecule has 1 fully saturated rings. The Morgan fingerprint density at radius 1 is 1.05 bits per heavy atom. The molecule has 1 aliphatic heterocycles. The number of thioether (sulfide) groups is 1. The van der Waals surface area contributed by atoms with E-state index in [9.17, 15) is 9.59 Å². The predicted molar refractivity (Wildman–Crippen MR) is 178 cm³/mol. The summed E-state index contributed by atoms with van der Waals surface area (Å²) in [7, 11) is 0. The van der Waals surface area contributed by atoms with E-state index in [0.29, 0.717) is 22.4 Å². The van der Waals surface area contributed by atoms with Crippen LogP contribution in [0.5, 0.6) is 5.75 Å². The van der Waals surface area contributed by atoms with Crippen LogP contribution in [0, 0.1) is 6.92 Å². The number of carboxylic acid groups (broad SMARTS) is 1. The van der Waals surface area contributed by atoms with E-state index in [4.69, 9.17) is 27.2 Å². The van der Waals surface area contributed by atoms with Gasteiger partial charge in [0.15, 0.2) is 0 Å². The molecule has 0 saturated carbocycles. The maximum absolute atomic E-state index is 13.4. The summed E-state index contributed by atoms with van der Waals surface area (Å²) in [5.41, 5.74) is 4.46. The molecule has 0 aliphatic carbocycles. The molecule has 1 aromatic heterocycles. The number of rotatable bonds is 17. The van der Waals surface area contributed by atoms with E-state index >= 15 is 0 Å². The number of thiocarbonyl (C=S) groups is 1. The van der Waals surface area contributed by atoms with Gasteiger partial charge in [0, 0.05) is 30.3 Å². The molecule has 0 bridgehead atoms. The summed E-state index contributed by atoms with van der Waals surface area (Å²) in [6.07, 6.45) is 13.9. The summed E-state index contributed by atoms with van der Waals surface area (Å²) in [6.45, 7) is 6.78. The van der Waals surface area contributed by atoms with Gasteiger partial charge in [0.1, 0.15) is 22.4 Å². The Morgan fingerprint density at radius 2 is 1.74 bits per heavy atom. The Balaban J connectivity index is 1.42. The molecule has 1 saturated heterocycles. The first-order valence-electron chi connectivity index (χ1n) is 14.8. The molecule has 9 heteroatoms. The average Bonchev–Trinajstić information content (AvgIpc) is 3.53. The first-order chi connectivity index (χ1) is 20.9. The van der Waals surface area contributed by atoms with Crippen LogP contribution < -0.4 is 4.74 Å². The van der Waals surface area contributed by atoms with Crippen molar-refractivity contribution < 1.29 is 19.4 Å². The van der Waals surface area contributed by atoms with Gasteiger partial charge in [-0.15, -0.1) is 0 Å². The molecular formula is C34H39N3O4S2. The van der Waals surface area contributed by atoms with E-state index in [0.717, 1.165) is 85.2 Å². The van der Waals surface area contributed by atoms with Crippen LogP contribution in [-0.4, -0.2) is 49.1 Å². The summed E-state index contributed by atoms with van der Waals surface area (Å²) < 4.78 is 8.19. The number of carbonyl (C=O) groups is 2. The molecule has 0 unspecified atom stereocenters. The third-order valence-corrected chi connectivity index (χ3v) is 8.63. The van der Waals surface area contributed by atoms with Crippen molar-refractivity contribution in [3.63, 3.8) is 0 Å². The van der Waals surface area contributed by atoms with Crippen LogP contribution in [0.1, 0.15) is 68.9 Å². The Morgan fingerprint density at radius 3 is 2.42 bits per heavy atom. The first kappa shape index (κ1) is 32.2. The summed E-state index contributed by atoms with van der Waals surface area (Å²) in [5, 5.41) is 13.6. The van der Waals surface area contributed by atoms with Crippen LogP contribution in [0.2, 0.25) is 0 Å². The Bertz CT molecular complexity index is 1470. The fourth-order valence-corrected chi connectivity index (χ4v) is 6.28. The molecule has 1 aliphatic rings. The van der Waals surface area contributed by atoms with E-state index < -0.39 is 5.97 Å². The number of aryl methyl sites for hydroxylation is 1. The first-order valence-corrected chi connectivity index (χ1v) is 16.1. The Kier molecular flexibility index (Phi) is 12.2. The smallest absolute Gasteiger partial charge is 0.303 e. The van der Waals surface area contributed by atoms with Crippen molar-refractivity contribution in [3.8, 4) is 22.7 Å². The molecule has 1 amide bonds. The molecule has 0 atom stereocenters. The normalized spacial score (nSPS) is 14.1. The number of nitrogens with zero attached hydrogens (tertiary/aromatic N) is 3. The fourth-order valence-electron chi connectivity index (χ4n) is 4.98. The van der Waals surface area contributed by atoms with Crippen molar-refractivity contribution in [2.45, 2.75) is 64.7 Å². The summed E-state index contributed by atoms with van der Waals surface area (Å²) in [4.78, 5) is 26.3. The van der Waals surface area contributed by atoms with Crippen molar-refractivity contribution in [2.24, 2.45) is 0 Å². The minimum Gasteiger partial charge on any atom is -0.489 e. The van der Waals surface area contributed by atoms with Crippen molar-refractivity contribution >= 4 is 46.3 Å². The minimum atomic E-state index is -0.719. The van der Waals surface area contributed by atoms with Crippen molar-refractivity contribution in [3.05, 3.63) is 83.4 Å². The van der Waals surface area contributed by atoms with Crippen LogP contribution in [0.4, 0.5) is 0 Å². The van der Waals surface area contributed by atoms with Gasteiger partial charge in [0.05, 0.1) is 10.6 Å². The highest BCUT2D eigenvalue weighted by atomic mass is 32.2. The minimum absolute atomic E-state index is 0.0591. The maximum Gasteiger partial charge on any atom is 0.303 e. The fraction of sp³-hybridized carbons (Fsp3) is 0.353. The van der Waals surface area contributed by atoms with Crippen LogP contribution in [-0.2, 0) is 9.59 Å². The topological polar surface area (TPSA) is 84.7 Å². The number of para-hydroxylation sites is 1. The molecule has 4 rings (SSSR count). The number of benzene rings is 2. The Labute approximate surface area is 263 Å². The van der Waals surface area contributed by atoms with E-state index in [1.165, 1.54) is 11.8 Å².